The molecule has 5 nitrogen and oxygen atoms in total. The standard InChI is InChI=1S/C16H16N4O/c17-10-11-9-15(20-14-4-2-1-3-13(11)14)18-8-7-16(21)19-12-5-6-12/h1-4,9,12H,5-8H2,(H,18,20)(H,19,21). The van der Waals surface area contributed by atoms with Crippen LogP contribution in [0.3, 0.4) is 0 Å². The molecule has 1 amide bonds. The minimum absolute atomic E-state index is 0.0614. The van der Waals surface area contributed by atoms with E-state index in [0.717, 1.165) is 23.7 Å². The van der Waals surface area contributed by atoms with Crippen molar-refractivity contribution in [3.63, 3.8) is 0 Å². The minimum Gasteiger partial charge on any atom is -0.369 e. The number of hydrogen-bond acceptors (Lipinski definition) is 4. The maximum Gasteiger partial charge on any atom is 0.221 e. The fraction of sp³-hybridized carbons (Fsp3) is 0.312. The highest BCUT2D eigenvalue weighted by Crippen LogP contribution is 2.20. The monoisotopic (exact) mass is 280 g/mol. The average molecular weight is 280 g/mol. The molecule has 1 saturated carbocycles. The number of aromatic nitrogens is 1. The molecule has 3 rings (SSSR count). The van der Waals surface area contributed by atoms with Crippen LogP contribution in [0.15, 0.2) is 30.3 Å². The topological polar surface area (TPSA) is 77.8 Å². The molecule has 0 unspecified atom stereocenters. The van der Waals surface area contributed by atoms with Gasteiger partial charge in [0.1, 0.15) is 5.82 Å². The first kappa shape index (κ1) is 13.4. The summed E-state index contributed by atoms with van der Waals surface area (Å²) in [5, 5.41) is 16.1. The first-order valence-electron chi connectivity index (χ1n) is 7.09. The van der Waals surface area contributed by atoms with E-state index in [1.807, 2.05) is 24.3 Å². The maximum absolute atomic E-state index is 11.6. The van der Waals surface area contributed by atoms with Crippen molar-refractivity contribution in [3.8, 4) is 6.07 Å². The summed E-state index contributed by atoms with van der Waals surface area (Å²) in [5.74, 6) is 0.691. The number of hydrogen-bond donors (Lipinski definition) is 2. The number of nitriles is 1. The van der Waals surface area contributed by atoms with Gasteiger partial charge in [-0.2, -0.15) is 5.26 Å². The van der Waals surface area contributed by atoms with Crippen LogP contribution in [0.5, 0.6) is 0 Å². The number of para-hydroxylation sites is 1. The number of anilines is 1. The molecule has 1 fully saturated rings. The summed E-state index contributed by atoms with van der Waals surface area (Å²) in [6, 6.07) is 11.8. The highest BCUT2D eigenvalue weighted by molar-refractivity contribution is 5.86. The van der Waals surface area contributed by atoms with Gasteiger partial charge >= 0.3 is 0 Å². The molecule has 0 saturated heterocycles. The maximum atomic E-state index is 11.6. The molecule has 0 spiro atoms. The van der Waals surface area contributed by atoms with Crippen LogP contribution in [0.2, 0.25) is 0 Å². The molecule has 5 heteroatoms. The van der Waals surface area contributed by atoms with E-state index in [9.17, 15) is 10.1 Å². The SMILES string of the molecule is N#Cc1cc(NCCC(=O)NC2CC2)nc2ccccc12. The lowest BCUT2D eigenvalue weighted by Gasteiger charge is -2.08. The molecule has 0 aliphatic heterocycles. The van der Waals surface area contributed by atoms with Crippen LogP contribution in [-0.4, -0.2) is 23.5 Å². The second-order valence-electron chi connectivity index (χ2n) is 5.20. The van der Waals surface area contributed by atoms with Crippen molar-refractivity contribution in [2.24, 2.45) is 0 Å². The summed E-state index contributed by atoms with van der Waals surface area (Å²) in [7, 11) is 0. The Labute approximate surface area is 123 Å². The van der Waals surface area contributed by atoms with Gasteiger partial charge in [0.15, 0.2) is 0 Å². The first-order chi connectivity index (χ1) is 10.3. The number of fused-ring (bicyclic) bond motifs is 1. The minimum atomic E-state index is 0.0614. The number of pyridine rings is 1. The van der Waals surface area contributed by atoms with Crippen LogP contribution in [0.4, 0.5) is 5.82 Å². The molecule has 1 aromatic carbocycles. The summed E-state index contributed by atoms with van der Waals surface area (Å²) < 4.78 is 0. The lowest BCUT2D eigenvalue weighted by atomic mass is 10.1. The third-order valence-electron chi connectivity index (χ3n) is 3.44. The van der Waals surface area contributed by atoms with Crippen LogP contribution in [-0.2, 0) is 4.79 Å². The Morgan fingerprint density at radius 2 is 2.19 bits per heavy atom. The average Bonchev–Trinajstić information content (AvgIpc) is 3.30. The Bertz CT molecular complexity index is 716. The van der Waals surface area contributed by atoms with Gasteiger partial charge in [-0.1, -0.05) is 18.2 Å². The second-order valence-corrected chi connectivity index (χ2v) is 5.20. The van der Waals surface area contributed by atoms with Gasteiger partial charge in [0.05, 0.1) is 17.1 Å². The van der Waals surface area contributed by atoms with Crippen molar-refractivity contribution in [3.05, 3.63) is 35.9 Å². The van der Waals surface area contributed by atoms with E-state index in [0.29, 0.717) is 30.4 Å². The molecule has 1 aliphatic carbocycles. The van der Waals surface area contributed by atoms with Gasteiger partial charge in [0.25, 0.3) is 0 Å². The zero-order chi connectivity index (χ0) is 14.7. The molecule has 0 atom stereocenters. The summed E-state index contributed by atoms with van der Waals surface area (Å²) in [6.45, 7) is 0.509. The van der Waals surface area contributed by atoms with E-state index >= 15 is 0 Å². The number of nitrogens with one attached hydrogen (secondary N) is 2. The van der Waals surface area contributed by atoms with E-state index in [2.05, 4.69) is 21.7 Å². The van der Waals surface area contributed by atoms with Gasteiger partial charge < -0.3 is 10.6 Å². The van der Waals surface area contributed by atoms with Crippen LogP contribution in [0.25, 0.3) is 10.9 Å². The summed E-state index contributed by atoms with van der Waals surface area (Å²) in [6.07, 6.45) is 2.60. The number of carbonyl (C=O) groups excluding carboxylic acids is 1. The first-order valence-corrected chi connectivity index (χ1v) is 7.09. The predicted molar refractivity (Wildman–Crippen MR) is 80.7 cm³/mol. The van der Waals surface area contributed by atoms with E-state index in [1.54, 1.807) is 6.07 Å². The van der Waals surface area contributed by atoms with Crippen molar-refractivity contribution < 1.29 is 4.79 Å². The molecular weight excluding hydrogens is 264 g/mol. The number of nitrogens with zero attached hydrogens (tertiary/aromatic N) is 2. The molecule has 2 N–H and O–H groups in total. The van der Waals surface area contributed by atoms with Crippen molar-refractivity contribution in [1.82, 2.24) is 10.3 Å². The van der Waals surface area contributed by atoms with Crippen molar-refractivity contribution in [1.29, 1.82) is 5.26 Å². The van der Waals surface area contributed by atoms with Gasteiger partial charge in [-0.15, -0.1) is 0 Å². The number of amides is 1. The smallest absolute Gasteiger partial charge is 0.221 e. The molecule has 1 aliphatic rings. The van der Waals surface area contributed by atoms with Crippen LogP contribution in [0.1, 0.15) is 24.8 Å². The Morgan fingerprint density at radius 3 is 2.95 bits per heavy atom. The Kier molecular flexibility index (Phi) is 3.69. The summed E-state index contributed by atoms with van der Waals surface area (Å²) in [5.41, 5.74) is 1.37. The molecule has 0 bridgehead atoms. The Morgan fingerprint density at radius 1 is 1.38 bits per heavy atom. The van der Waals surface area contributed by atoms with Crippen molar-refractivity contribution in [2.45, 2.75) is 25.3 Å². The Balaban J connectivity index is 1.66. The van der Waals surface area contributed by atoms with Gasteiger partial charge in [-0.05, 0) is 25.0 Å². The number of benzene rings is 1. The quantitative estimate of drug-likeness (QED) is 0.880. The fourth-order valence-electron chi connectivity index (χ4n) is 2.19. The van der Waals surface area contributed by atoms with E-state index in [4.69, 9.17) is 0 Å². The van der Waals surface area contributed by atoms with Gasteiger partial charge in [0, 0.05) is 24.4 Å². The molecule has 106 valence electrons. The van der Waals surface area contributed by atoms with Crippen molar-refractivity contribution >= 4 is 22.6 Å². The third kappa shape index (κ3) is 3.29. The van der Waals surface area contributed by atoms with E-state index in [1.165, 1.54) is 0 Å². The van der Waals surface area contributed by atoms with Crippen LogP contribution < -0.4 is 10.6 Å². The predicted octanol–water partition coefficient (Wildman–Crippen LogP) is 2.19. The van der Waals surface area contributed by atoms with Gasteiger partial charge in [0.2, 0.25) is 5.91 Å². The highest BCUT2D eigenvalue weighted by atomic mass is 16.1. The van der Waals surface area contributed by atoms with Crippen LogP contribution in [0, 0.1) is 11.3 Å². The summed E-state index contributed by atoms with van der Waals surface area (Å²) >= 11 is 0. The molecule has 21 heavy (non-hydrogen) atoms. The lowest BCUT2D eigenvalue weighted by Crippen LogP contribution is -2.27. The zero-order valence-corrected chi connectivity index (χ0v) is 11.6. The third-order valence-corrected chi connectivity index (χ3v) is 3.44. The molecule has 1 aromatic heterocycles. The lowest BCUT2D eigenvalue weighted by molar-refractivity contribution is -0.120. The molecule has 2 aromatic rings. The molecule has 0 radical (unpaired) electrons. The van der Waals surface area contributed by atoms with Crippen molar-refractivity contribution in [2.75, 3.05) is 11.9 Å². The van der Waals surface area contributed by atoms with Crippen LogP contribution >= 0.6 is 0 Å². The van der Waals surface area contributed by atoms with Gasteiger partial charge in [-0.25, -0.2) is 4.98 Å². The normalized spacial score (nSPS) is 13.7. The fourth-order valence-corrected chi connectivity index (χ4v) is 2.19. The number of carbonyl (C=O) groups is 1. The largest absolute Gasteiger partial charge is 0.369 e. The second kappa shape index (κ2) is 5.80. The van der Waals surface area contributed by atoms with E-state index in [-0.39, 0.29) is 5.91 Å². The molecular formula is C16H16N4O. The van der Waals surface area contributed by atoms with E-state index < -0.39 is 0 Å². The summed E-state index contributed by atoms with van der Waals surface area (Å²) in [4.78, 5) is 16.1. The Hall–Kier alpha value is -2.61. The molecule has 1 heterocycles. The van der Waals surface area contributed by atoms with Gasteiger partial charge in [-0.3, -0.25) is 4.79 Å². The zero-order valence-electron chi connectivity index (χ0n) is 11.6. The number of rotatable bonds is 5. The highest BCUT2D eigenvalue weighted by Gasteiger charge is 2.22.